The third-order valence-electron chi connectivity index (χ3n) is 5.58. The molecule has 3 aromatic rings. The topological polar surface area (TPSA) is 87.7 Å². The third kappa shape index (κ3) is 3.85. The number of nitrogens with zero attached hydrogens (tertiary/aromatic N) is 2. The molecular formula is C25H24ClN3O4. The number of aromatic hydroxyl groups is 1. The fraction of sp³-hybridized carbons (Fsp3) is 0.200. The van der Waals surface area contributed by atoms with E-state index < -0.39 is 6.04 Å². The lowest BCUT2D eigenvalue weighted by molar-refractivity contribution is 0.0764. The fourth-order valence-electron chi connectivity index (χ4n) is 4.05. The monoisotopic (exact) mass is 465 g/mol. The van der Waals surface area contributed by atoms with E-state index in [0.717, 1.165) is 11.1 Å². The smallest absolute Gasteiger partial charge is 0.273 e. The summed E-state index contributed by atoms with van der Waals surface area (Å²) in [5.41, 5.74) is 3.45. The Kier molecular flexibility index (Phi) is 6.16. The number of hydrogen-bond acceptors (Lipinski definition) is 5. The van der Waals surface area contributed by atoms with Gasteiger partial charge in [-0.3, -0.25) is 9.89 Å². The molecule has 1 amide bonds. The Hall–Kier alpha value is -3.71. The second kappa shape index (κ2) is 9.03. The van der Waals surface area contributed by atoms with Crippen molar-refractivity contribution < 1.29 is 19.4 Å². The van der Waals surface area contributed by atoms with Crippen molar-refractivity contribution in [3.8, 4) is 28.5 Å². The van der Waals surface area contributed by atoms with E-state index in [1.54, 1.807) is 49.3 Å². The van der Waals surface area contributed by atoms with E-state index in [-0.39, 0.29) is 11.7 Å². The van der Waals surface area contributed by atoms with E-state index in [9.17, 15) is 9.90 Å². The molecule has 1 atom stereocenters. The van der Waals surface area contributed by atoms with Crippen LogP contribution in [0.2, 0.25) is 5.02 Å². The van der Waals surface area contributed by atoms with Gasteiger partial charge in [-0.05, 0) is 42.3 Å². The number of ether oxygens (including phenoxy) is 2. The van der Waals surface area contributed by atoms with Gasteiger partial charge in [-0.25, -0.2) is 0 Å². The van der Waals surface area contributed by atoms with Crippen LogP contribution in [0.5, 0.6) is 17.2 Å². The first-order valence-electron chi connectivity index (χ1n) is 10.3. The first-order chi connectivity index (χ1) is 15.9. The highest BCUT2D eigenvalue weighted by atomic mass is 35.5. The summed E-state index contributed by atoms with van der Waals surface area (Å²) in [6.45, 7) is 9.93. The number of nitrogens with one attached hydrogen (secondary N) is 1. The number of halogens is 1. The minimum Gasteiger partial charge on any atom is -0.507 e. The molecule has 0 spiro atoms. The minimum atomic E-state index is -0.485. The number of rotatable bonds is 8. The van der Waals surface area contributed by atoms with E-state index in [2.05, 4.69) is 23.4 Å². The van der Waals surface area contributed by atoms with Crippen molar-refractivity contribution in [1.82, 2.24) is 15.1 Å². The third-order valence-corrected chi connectivity index (χ3v) is 5.99. The standard InChI is InChI=1S/C25H24ClN3O4/c1-5-9-29-24(15-7-8-19(33-10-6-2)20(12-15)32-4)21-22(27-28-23(21)25(29)31)16-13-17(26)14(3)11-18(16)30/h5-8,11-13,24,30H,1-2,9-10H2,3-4H3,(H,27,28). The highest BCUT2D eigenvalue weighted by Gasteiger charge is 2.42. The van der Waals surface area contributed by atoms with Crippen LogP contribution < -0.4 is 9.47 Å². The summed E-state index contributed by atoms with van der Waals surface area (Å²) in [6, 6.07) is 8.27. The molecule has 2 heterocycles. The van der Waals surface area contributed by atoms with Crippen molar-refractivity contribution in [2.24, 2.45) is 0 Å². The van der Waals surface area contributed by atoms with Crippen LogP contribution in [0.15, 0.2) is 55.6 Å². The van der Waals surface area contributed by atoms with Gasteiger partial charge >= 0.3 is 0 Å². The molecule has 2 N–H and O–H groups in total. The Morgan fingerprint density at radius 3 is 2.73 bits per heavy atom. The molecule has 1 unspecified atom stereocenters. The minimum absolute atomic E-state index is 0.0327. The van der Waals surface area contributed by atoms with E-state index >= 15 is 0 Å². The molecule has 7 nitrogen and oxygen atoms in total. The first-order valence-corrected chi connectivity index (χ1v) is 10.7. The number of methoxy groups -OCH3 is 1. The Balaban J connectivity index is 1.89. The number of hydrogen-bond donors (Lipinski definition) is 2. The van der Waals surface area contributed by atoms with Crippen LogP contribution in [0.3, 0.4) is 0 Å². The number of fused-ring (bicyclic) bond motifs is 1. The zero-order valence-electron chi connectivity index (χ0n) is 18.4. The van der Waals surface area contributed by atoms with Gasteiger partial charge in [-0.2, -0.15) is 5.10 Å². The van der Waals surface area contributed by atoms with Crippen molar-refractivity contribution in [3.05, 3.63) is 83.0 Å². The number of aromatic nitrogens is 2. The average molecular weight is 466 g/mol. The van der Waals surface area contributed by atoms with E-state index in [4.69, 9.17) is 21.1 Å². The molecule has 4 rings (SSSR count). The van der Waals surface area contributed by atoms with Crippen LogP contribution >= 0.6 is 11.6 Å². The number of benzene rings is 2. The number of phenols is 1. The van der Waals surface area contributed by atoms with Crippen LogP contribution in [0, 0.1) is 6.92 Å². The molecule has 0 saturated heterocycles. The van der Waals surface area contributed by atoms with Crippen molar-refractivity contribution in [2.75, 3.05) is 20.3 Å². The second-order valence-corrected chi connectivity index (χ2v) is 8.05. The maximum atomic E-state index is 13.2. The van der Waals surface area contributed by atoms with E-state index in [1.807, 2.05) is 12.1 Å². The molecule has 8 heteroatoms. The zero-order valence-corrected chi connectivity index (χ0v) is 19.1. The molecule has 1 aliphatic rings. The lowest BCUT2D eigenvalue weighted by atomic mass is 9.95. The maximum Gasteiger partial charge on any atom is 0.273 e. The number of carbonyl (C=O) groups is 1. The van der Waals surface area contributed by atoms with Gasteiger partial charge in [0.25, 0.3) is 5.91 Å². The number of H-pyrrole nitrogens is 1. The van der Waals surface area contributed by atoms with Gasteiger partial charge in [-0.15, -0.1) is 6.58 Å². The van der Waals surface area contributed by atoms with E-state index in [0.29, 0.717) is 52.2 Å². The Morgan fingerprint density at radius 1 is 1.24 bits per heavy atom. The van der Waals surface area contributed by atoms with Crippen LogP contribution in [0.1, 0.15) is 33.2 Å². The molecule has 0 bridgehead atoms. The van der Waals surface area contributed by atoms with Crippen LogP contribution in [-0.2, 0) is 0 Å². The summed E-state index contributed by atoms with van der Waals surface area (Å²) in [6.07, 6.45) is 3.32. The number of phenolic OH excluding ortho intramolecular Hbond substituents is 1. The summed E-state index contributed by atoms with van der Waals surface area (Å²) in [4.78, 5) is 14.9. The van der Waals surface area contributed by atoms with Gasteiger partial charge in [-0.1, -0.05) is 36.4 Å². The highest BCUT2D eigenvalue weighted by molar-refractivity contribution is 6.31. The Bertz CT molecular complexity index is 1250. The number of aromatic amines is 1. The maximum absolute atomic E-state index is 13.2. The molecule has 0 saturated carbocycles. The number of carbonyl (C=O) groups excluding carboxylic acids is 1. The lowest BCUT2D eigenvalue weighted by Gasteiger charge is -2.26. The van der Waals surface area contributed by atoms with Crippen molar-refractivity contribution in [1.29, 1.82) is 0 Å². The number of amides is 1. The summed E-state index contributed by atoms with van der Waals surface area (Å²) in [5.74, 6) is 0.916. The fourth-order valence-corrected chi connectivity index (χ4v) is 4.22. The zero-order chi connectivity index (χ0) is 23.7. The molecule has 0 radical (unpaired) electrons. The molecule has 2 aromatic carbocycles. The second-order valence-electron chi connectivity index (χ2n) is 7.64. The summed E-state index contributed by atoms with van der Waals surface area (Å²) >= 11 is 6.34. The largest absolute Gasteiger partial charge is 0.507 e. The highest BCUT2D eigenvalue weighted by Crippen LogP contribution is 2.46. The van der Waals surface area contributed by atoms with Crippen LogP contribution in [0.4, 0.5) is 0 Å². The van der Waals surface area contributed by atoms with Crippen LogP contribution in [-0.4, -0.2) is 46.4 Å². The molecule has 1 aliphatic heterocycles. The molecule has 33 heavy (non-hydrogen) atoms. The van der Waals surface area contributed by atoms with Crippen molar-refractivity contribution in [2.45, 2.75) is 13.0 Å². The predicted octanol–water partition coefficient (Wildman–Crippen LogP) is 5.05. The van der Waals surface area contributed by atoms with Gasteiger partial charge in [0.2, 0.25) is 0 Å². The lowest BCUT2D eigenvalue weighted by Crippen LogP contribution is -2.29. The summed E-state index contributed by atoms with van der Waals surface area (Å²) < 4.78 is 11.2. The predicted molar refractivity (Wildman–Crippen MR) is 127 cm³/mol. The molecular weight excluding hydrogens is 442 g/mol. The molecule has 0 fully saturated rings. The van der Waals surface area contributed by atoms with Gasteiger partial charge in [0, 0.05) is 22.7 Å². The summed E-state index contributed by atoms with van der Waals surface area (Å²) in [5, 5.41) is 18.4. The normalized spacial score (nSPS) is 14.8. The molecule has 170 valence electrons. The Labute approximate surface area is 196 Å². The first kappa shape index (κ1) is 22.5. The van der Waals surface area contributed by atoms with Gasteiger partial charge < -0.3 is 19.5 Å². The summed E-state index contributed by atoms with van der Waals surface area (Å²) in [7, 11) is 1.56. The van der Waals surface area contributed by atoms with Crippen molar-refractivity contribution >= 4 is 17.5 Å². The van der Waals surface area contributed by atoms with E-state index in [1.165, 1.54) is 0 Å². The van der Waals surface area contributed by atoms with Crippen molar-refractivity contribution in [3.63, 3.8) is 0 Å². The molecule has 1 aromatic heterocycles. The van der Waals surface area contributed by atoms with Gasteiger partial charge in [0.05, 0.1) is 13.2 Å². The quantitative estimate of drug-likeness (QED) is 0.454. The van der Waals surface area contributed by atoms with Gasteiger partial charge in [0.1, 0.15) is 23.7 Å². The Morgan fingerprint density at radius 2 is 2.03 bits per heavy atom. The molecule has 0 aliphatic carbocycles. The van der Waals surface area contributed by atoms with Crippen LogP contribution in [0.25, 0.3) is 11.3 Å². The number of aryl methyl sites for hydroxylation is 1. The SMILES string of the molecule is C=CCOc1ccc(C2c3c(-c4cc(Cl)c(C)cc4O)n[nH]c3C(=O)N2CC=C)cc1OC. The van der Waals surface area contributed by atoms with Gasteiger partial charge in [0.15, 0.2) is 11.5 Å². The average Bonchev–Trinajstić information content (AvgIpc) is 3.34.